The molecule has 0 aliphatic rings. The Morgan fingerprint density at radius 3 is 2.16 bits per heavy atom. The van der Waals surface area contributed by atoms with Crippen LogP contribution in [0.15, 0.2) is 102 Å². The first kappa shape index (κ1) is 42.9. The first-order valence-corrected chi connectivity index (χ1v) is 23.8. The van der Waals surface area contributed by atoms with E-state index in [9.17, 15) is 0 Å². The van der Waals surface area contributed by atoms with Gasteiger partial charge in [0, 0.05) is 49.0 Å². The molecular formula is C51H56IrN4OSi-2. The first-order chi connectivity index (χ1) is 27.0. The maximum Gasteiger partial charge on any atom is 0.216 e. The zero-order valence-corrected chi connectivity index (χ0v) is 39.5. The number of benzene rings is 4. The minimum absolute atomic E-state index is 0. The Kier molecular flexibility index (Phi) is 12.5. The number of hydrogen-bond donors (Lipinski definition) is 0. The Bertz CT molecular complexity index is 2690. The van der Waals surface area contributed by atoms with Gasteiger partial charge in [-0.1, -0.05) is 114 Å². The average molecular weight is 961 g/mol. The second kappa shape index (κ2) is 16.9. The van der Waals surface area contributed by atoms with Gasteiger partial charge in [-0.2, -0.15) is 0 Å². The van der Waals surface area contributed by atoms with Crippen molar-refractivity contribution in [1.82, 2.24) is 19.5 Å². The van der Waals surface area contributed by atoms with Crippen molar-refractivity contribution in [3.63, 3.8) is 0 Å². The maximum atomic E-state index is 6.51. The van der Waals surface area contributed by atoms with E-state index in [1.165, 1.54) is 27.4 Å². The van der Waals surface area contributed by atoms with Gasteiger partial charge in [-0.05, 0) is 84.8 Å². The fourth-order valence-electron chi connectivity index (χ4n) is 7.91. The smallest absolute Gasteiger partial charge is 0.216 e. The second-order valence-corrected chi connectivity index (χ2v) is 23.3. The van der Waals surface area contributed by atoms with Crippen LogP contribution in [0.4, 0.5) is 0 Å². The minimum Gasteiger partial charge on any atom is -0.486 e. The van der Waals surface area contributed by atoms with E-state index in [1.807, 2.05) is 30.3 Å². The van der Waals surface area contributed by atoms with Crippen LogP contribution < -0.4 is 5.19 Å². The predicted octanol–water partition coefficient (Wildman–Crippen LogP) is 13.2. The third kappa shape index (κ3) is 8.68. The van der Waals surface area contributed by atoms with E-state index in [0.29, 0.717) is 17.5 Å². The van der Waals surface area contributed by atoms with Gasteiger partial charge in [0.1, 0.15) is 0 Å². The fourth-order valence-corrected chi connectivity index (χ4v) is 9.50. The molecule has 1 unspecified atom stereocenters. The van der Waals surface area contributed by atoms with Crippen LogP contribution in [0, 0.1) is 44.2 Å². The third-order valence-electron chi connectivity index (χ3n) is 11.1. The Balaban J connectivity index is 0.000000230. The second-order valence-electron chi connectivity index (χ2n) is 18.2. The summed E-state index contributed by atoms with van der Waals surface area (Å²) in [7, 11) is -1.34. The molecule has 58 heavy (non-hydrogen) atoms. The molecule has 0 amide bonds. The molecule has 5 nitrogen and oxygen atoms in total. The summed E-state index contributed by atoms with van der Waals surface area (Å²) in [5.74, 6) is 1.79. The number of imidazole rings is 1. The van der Waals surface area contributed by atoms with Crippen LogP contribution in [-0.4, -0.2) is 27.6 Å². The monoisotopic (exact) mass is 961 g/mol. The average Bonchev–Trinajstić information content (AvgIpc) is 3.72. The number of aromatic nitrogens is 4. The van der Waals surface area contributed by atoms with Crippen molar-refractivity contribution in [2.75, 3.05) is 0 Å². The van der Waals surface area contributed by atoms with Gasteiger partial charge in [0.25, 0.3) is 0 Å². The summed E-state index contributed by atoms with van der Waals surface area (Å²) in [6.07, 6.45) is 3.24. The van der Waals surface area contributed by atoms with Crippen LogP contribution in [-0.2, 0) is 26.5 Å². The summed E-state index contributed by atoms with van der Waals surface area (Å²) < 4.78 is 8.77. The van der Waals surface area contributed by atoms with Crippen LogP contribution in [0.5, 0.6) is 0 Å². The van der Waals surface area contributed by atoms with Gasteiger partial charge in [0.15, 0.2) is 0 Å². The quantitative estimate of drug-likeness (QED) is 0.118. The molecule has 0 spiro atoms. The Morgan fingerprint density at radius 1 is 0.793 bits per heavy atom. The summed E-state index contributed by atoms with van der Waals surface area (Å²) in [5.41, 5.74) is 13.9. The molecule has 0 saturated heterocycles. The van der Waals surface area contributed by atoms with Crippen molar-refractivity contribution in [2.45, 2.75) is 94.3 Å². The summed E-state index contributed by atoms with van der Waals surface area (Å²) >= 11 is 0. The molecule has 1 atom stereocenters. The molecule has 0 fully saturated rings. The number of pyridine rings is 2. The van der Waals surface area contributed by atoms with Crippen molar-refractivity contribution >= 4 is 46.4 Å². The third-order valence-corrected chi connectivity index (χ3v) is 13.2. The molecule has 7 heteroatoms. The zero-order chi connectivity index (χ0) is 40.8. The molecule has 0 aliphatic heterocycles. The van der Waals surface area contributed by atoms with Crippen LogP contribution in [0.2, 0.25) is 19.6 Å². The standard InChI is InChI=1S/C33H32N3O.C18H24NSi.Ir/c1-19-17-20(2)29(21(3)18-19)36-28-14-9-8-13-27(28)34-31(36)25-12-10-11-23-24-15-16-26(22(4)33(5,6)7)35-32(24)37-30(23)25;1-14(2)11-16-12-17(15-9-7-6-8-10-15)19-13-18(16)20(3,4)5;/h8-11,13-18,22H,1-7H3;6-9,12-14H,11H2,1-5H3;/q2*-1;. The van der Waals surface area contributed by atoms with E-state index >= 15 is 0 Å². The molecule has 4 aromatic heterocycles. The van der Waals surface area contributed by atoms with E-state index in [1.54, 1.807) is 0 Å². The molecule has 301 valence electrons. The summed E-state index contributed by atoms with van der Waals surface area (Å²) in [4.78, 5) is 14.8. The number of para-hydroxylation sites is 2. The fraction of sp³-hybridized carbons (Fsp3) is 0.314. The van der Waals surface area contributed by atoms with Gasteiger partial charge in [0.2, 0.25) is 5.71 Å². The van der Waals surface area contributed by atoms with E-state index in [0.717, 1.165) is 67.8 Å². The van der Waals surface area contributed by atoms with Crippen LogP contribution in [0.25, 0.3) is 61.4 Å². The van der Waals surface area contributed by atoms with Crippen molar-refractivity contribution in [2.24, 2.45) is 11.3 Å². The number of fused-ring (bicyclic) bond motifs is 4. The van der Waals surface area contributed by atoms with Gasteiger partial charge >= 0.3 is 0 Å². The van der Waals surface area contributed by atoms with Crippen molar-refractivity contribution in [3.8, 4) is 28.3 Å². The number of rotatable bonds is 7. The Morgan fingerprint density at radius 2 is 1.50 bits per heavy atom. The van der Waals surface area contributed by atoms with E-state index in [4.69, 9.17) is 14.4 Å². The Labute approximate surface area is 359 Å². The SMILES string of the molecule is CC(C)Cc1cc(-c2[c-]cccc2)ncc1[Si](C)(C)C.Cc1cc(C)c(-n2c(-c3[c-]ccc4c3oc3nc(C(C)C(C)(C)C)ccc34)nc3ccccc32)c(C)c1.[Ir]. The number of aryl methyl sites for hydroxylation is 3. The van der Waals surface area contributed by atoms with Crippen molar-refractivity contribution in [3.05, 3.63) is 137 Å². The largest absolute Gasteiger partial charge is 0.486 e. The van der Waals surface area contributed by atoms with E-state index < -0.39 is 8.07 Å². The molecule has 0 saturated carbocycles. The molecule has 4 aromatic carbocycles. The normalized spacial score (nSPS) is 12.5. The van der Waals surface area contributed by atoms with Crippen molar-refractivity contribution < 1.29 is 24.5 Å². The molecule has 0 N–H and O–H groups in total. The van der Waals surface area contributed by atoms with Crippen LogP contribution in [0.1, 0.15) is 75.4 Å². The molecule has 8 aromatic rings. The Hall–Kier alpha value is -4.68. The summed E-state index contributed by atoms with van der Waals surface area (Å²) in [5, 5.41) is 3.54. The number of nitrogens with zero attached hydrogens (tertiary/aromatic N) is 4. The van der Waals surface area contributed by atoms with Gasteiger partial charge in [-0.25, -0.2) is 4.98 Å². The van der Waals surface area contributed by atoms with Crippen molar-refractivity contribution in [1.29, 1.82) is 0 Å². The summed E-state index contributed by atoms with van der Waals surface area (Å²) in [6.45, 7) is 27.2. The van der Waals surface area contributed by atoms with Crippen LogP contribution in [0.3, 0.4) is 0 Å². The molecule has 0 bridgehead atoms. The molecule has 0 aliphatic carbocycles. The van der Waals surface area contributed by atoms with E-state index in [-0.39, 0.29) is 25.5 Å². The van der Waals surface area contributed by atoms with Gasteiger partial charge < -0.3 is 14.0 Å². The zero-order valence-electron chi connectivity index (χ0n) is 36.1. The van der Waals surface area contributed by atoms with Gasteiger partial charge in [-0.15, -0.1) is 54.1 Å². The number of hydrogen-bond acceptors (Lipinski definition) is 4. The predicted molar refractivity (Wildman–Crippen MR) is 243 cm³/mol. The van der Waals surface area contributed by atoms with Gasteiger partial charge in [-0.3, -0.25) is 4.98 Å². The minimum atomic E-state index is -1.34. The van der Waals surface area contributed by atoms with Crippen LogP contribution >= 0.6 is 0 Å². The molecule has 8 rings (SSSR count). The number of furan rings is 1. The maximum absolute atomic E-state index is 6.51. The topological polar surface area (TPSA) is 56.7 Å². The van der Waals surface area contributed by atoms with E-state index in [2.05, 4.69) is 170 Å². The molecule has 4 heterocycles. The molecule has 1 radical (unpaired) electrons. The van der Waals surface area contributed by atoms with Gasteiger partial charge in [0.05, 0.1) is 30.5 Å². The molecular weight excluding hydrogens is 905 g/mol. The first-order valence-electron chi connectivity index (χ1n) is 20.3. The summed E-state index contributed by atoms with van der Waals surface area (Å²) in [6, 6.07) is 38.2.